The molecular weight excluding hydrogens is 380 g/mol. The molecule has 1 aromatic carbocycles. The SMILES string of the molecule is Cc1cc(O)cc2c1[C@H]1CC[C@]3(C)[C@@H](OC(=O)CBr)CC[C@H]3[C@@H]1CC2. The van der Waals surface area contributed by atoms with Crippen LogP contribution in [0.3, 0.4) is 0 Å². The van der Waals surface area contributed by atoms with Gasteiger partial charge in [-0.05, 0) is 92.0 Å². The summed E-state index contributed by atoms with van der Waals surface area (Å²) in [6.07, 6.45) is 6.79. The highest BCUT2D eigenvalue weighted by atomic mass is 79.9. The second-order valence-electron chi connectivity index (χ2n) is 8.48. The molecule has 0 saturated heterocycles. The van der Waals surface area contributed by atoms with Crippen LogP contribution in [-0.2, 0) is 16.0 Å². The summed E-state index contributed by atoms with van der Waals surface area (Å²) in [4.78, 5) is 11.8. The van der Waals surface area contributed by atoms with Crippen molar-refractivity contribution in [1.29, 1.82) is 0 Å². The fourth-order valence-corrected chi connectivity index (χ4v) is 6.43. The molecule has 2 fully saturated rings. The number of carbonyl (C=O) groups is 1. The number of benzene rings is 1. The van der Waals surface area contributed by atoms with Crippen molar-refractivity contribution < 1.29 is 14.6 Å². The van der Waals surface area contributed by atoms with Crippen LogP contribution >= 0.6 is 15.9 Å². The summed E-state index contributed by atoms with van der Waals surface area (Å²) in [6, 6.07) is 3.89. The number of aryl methyl sites for hydroxylation is 2. The lowest BCUT2D eigenvalue weighted by Crippen LogP contribution is -2.45. The molecule has 0 aromatic heterocycles. The average molecular weight is 407 g/mol. The first-order chi connectivity index (χ1) is 11.9. The van der Waals surface area contributed by atoms with E-state index in [1.807, 2.05) is 12.1 Å². The molecule has 1 N–H and O–H groups in total. The Kier molecular flexibility index (Phi) is 4.38. The highest BCUT2D eigenvalue weighted by Gasteiger charge is 2.56. The van der Waals surface area contributed by atoms with E-state index in [1.165, 1.54) is 36.0 Å². The van der Waals surface area contributed by atoms with Crippen LogP contribution in [0.1, 0.15) is 61.6 Å². The van der Waals surface area contributed by atoms with Crippen molar-refractivity contribution in [3.05, 3.63) is 28.8 Å². The number of hydrogen-bond donors (Lipinski definition) is 1. The summed E-state index contributed by atoms with van der Waals surface area (Å²) in [6.45, 7) is 4.50. The molecule has 0 heterocycles. The van der Waals surface area contributed by atoms with Crippen molar-refractivity contribution in [1.82, 2.24) is 0 Å². The maximum Gasteiger partial charge on any atom is 0.316 e. The number of aromatic hydroxyl groups is 1. The number of alkyl halides is 1. The number of rotatable bonds is 2. The minimum absolute atomic E-state index is 0.0748. The van der Waals surface area contributed by atoms with Crippen molar-refractivity contribution in [2.45, 2.75) is 64.4 Å². The van der Waals surface area contributed by atoms with Crippen molar-refractivity contribution in [3.8, 4) is 5.75 Å². The van der Waals surface area contributed by atoms with Gasteiger partial charge in [-0.1, -0.05) is 22.9 Å². The second kappa shape index (κ2) is 6.29. The van der Waals surface area contributed by atoms with Gasteiger partial charge in [0.1, 0.15) is 17.2 Å². The molecule has 2 saturated carbocycles. The Morgan fingerprint density at radius 2 is 2.12 bits per heavy atom. The summed E-state index contributed by atoms with van der Waals surface area (Å²) >= 11 is 3.22. The molecule has 3 aliphatic rings. The van der Waals surface area contributed by atoms with Crippen LogP contribution < -0.4 is 0 Å². The predicted molar refractivity (Wildman–Crippen MR) is 101 cm³/mol. The average Bonchev–Trinajstić information content (AvgIpc) is 2.90. The summed E-state index contributed by atoms with van der Waals surface area (Å²) in [5.74, 6) is 2.20. The molecule has 0 unspecified atom stereocenters. The van der Waals surface area contributed by atoms with Crippen LogP contribution in [-0.4, -0.2) is 22.5 Å². The topological polar surface area (TPSA) is 46.5 Å². The Hall–Kier alpha value is -1.03. The third kappa shape index (κ3) is 2.72. The normalized spacial score (nSPS) is 36.3. The van der Waals surface area contributed by atoms with Gasteiger partial charge in [0.25, 0.3) is 0 Å². The maximum atomic E-state index is 11.8. The van der Waals surface area contributed by atoms with Gasteiger partial charge in [-0.15, -0.1) is 0 Å². The number of halogens is 1. The standard InChI is InChI=1S/C21H27BrO3/c1-12-9-14(23)10-13-3-4-15-16(20(12)13)7-8-21(2)17(15)5-6-18(21)25-19(24)11-22/h9-10,15-18,23H,3-8,11H2,1-2H3/t15-,16+,17+,18+,21+/m1/s1. The van der Waals surface area contributed by atoms with Gasteiger partial charge in [-0.2, -0.15) is 0 Å². The highest BCUT2D eigenvalue weighted by molar-refractivity contribution is 9.09. The van der Waals surface area contributed by atoms with Crippen molar-refractivity contribution in [2.75, 3.05) is 5.33 Å². The highest BCUT2D eigenvalue weighted by Crippen LogP contribution is 2.62. The van der Waals surface area contributed by atoms with E-state index in [4.69, 9.17) is 4.74 Å². The lowest BCUT2D eigenvalue weighted by atomic mass is 9.55. The zero-order chi connectivity index (χ0) is 17.8. The Labute approximate surface area is 158 Å². The first-order valence-electron chi connectivity index (χ1n) is 9.52. The minimum atomic E-state index is -0.130. The van der Waals surface area contributed by atoms with Crippen molar-refractivity contribution >= 4 is 21.9 Å². The summed E-state index contributed by atoms with van der Waals surface area (Å²) < 4.78 is 5.80. The number of phenolic OH excluding ortho intramolecular Hbond substituents is 1. The van der Waals surface area contributed by atoms with Crippen LogP contribution in [0.2, 0.25) is 0 Å². The molecule has 0 bridgehead atoms. The van der Waals surface area contributed by atoms with Gasteiger partial charge in [0.05, 0.1) is 0 Å². The smallest absolute Gasteiger partial charge is 0.316 e. The summed E-state index contributed by atoms with van der Waals surface area (Å²) in [7, 11) is 0. The Balaban J connectivity index is 1.63. The van der Waals surface area contributed by atoms with Crippen LogP contribution in [0.4, 0.5) is 0 Å². The van der Waals surface area contributed by atoms with Crippen LogP contribution in [0.5, 0.6) is 5.75 Å². The number of phenols is 1. The molecule has 5 atom stereocenters. The van der Waals surface area contributed by atoms with Gasteiger partial charge in [-0.3, -0.25) is 4.79 Å². The maximum absolute atomic E-state index is 11.8. The van der Waals surface area contributed by atoms with Crippen LogP contribution in [0, 0.1) is 24.2 Å². The predicted octanol–water partition coefficient (Wildman–Crippen LogP) is 4.86. The summed E-state index contributed by atoms with van der Waals surface area (Å²) in [5.41, 5.74) is 4.22. The quantitative estimate of drug-likeness (QED) is 0.563. The zero-order valence-electron chi connectivity index (χ0n) is 15.1. The van der Waals surface area contributed by atoms with Gasteiger partial charge in [0.15, 0.2) is 0 Å². The molecule has 4 heteroatoms. The lowest BCUT2D eigenvalue weighted by Gasteiger charge is -2.50. The molecule has 0 spiro atoms. The zero-order valence-corrected chi connectivity index (χ0v) is 16.6. The van der Waals surface area contributed by atoms with Crippen molar-refractivity contribution in [2.24, 2.45) is 17.3 Å². The number of esters is 1. The van der Waals surface area contributed by atoms with E-state index in [2.05, 4.69) is 29.8 Å². The molecular formula is C21H27BrO3. The Bertz CT molecular complexity index is 701. The first kappa shape index (κ1) is 17.4. The van der Waals surface area contributed by atoms with E-state index in [9.17, 15) is 9.90 Å². The van der Waals surface area contributed by atoms with Gasteiger partial charge >= 0.3 is 5.97 Å². The number of ether oxygens (including phenoxy) is 1. The van der Waals surface area contributed by atoms with Crippen LogP contribution in [0.25, 0.3) is 0 Å². The van der Waals surface area contributed by atoms with Gasteiger partial charge in [0, 0.05) is 5.41 Å². The van der Waals surface area contributed by atoms with E-state index in [-0.39, 0.29) is 22.8 Å². The first-order valence-corrected chi connectivity index (χ1v) is 10.6. The van der Waals surface area contributed by atoms with Crippen LogP contribution in [0.15, 0.2) is 12.1 Å². The molecule has 0 amide bonds. The second-order valence-corrected chi connectivity index (χ2v) is 9.05. The third-order valence-corrected chi connectivity index (χ3v) is 7.77. The molecule has 1 aromatic rings. The number of hydrogen-bond acceptors (Lipinski definition) is 3. The fourth-order valence-electron chi connectivity index (χ4n) is 6.29. The van der Waals surface area contributed by atoms with Gasteiger partial charge in [-0.25, -0.2) is 0 Å². The number of carbonyl (C=O) groups excluding carboxylic acids is 1. The largest absolute Gasteiger partial charge is 0.508 e. The minimum Gasteiger partial charge on any atom is -0.508 e. The number of fused-ring (bicyclic) bond motifs is 5. The van der Waals surface area contributed by atoms with E-state index in [1.54, 1.807) is 0 Å². The monoisotopic (exact) mass is 406 g/mol. The van der Waals surface area contributed by atoms with E-state index < -0.39 is 0 Å². The molecule has 25 heavy (non-hydrogen) atoms. The van der Waals surface area contributed by atoms with Crippen molar-refractivity contribution in [3.63, 3.8) is 0 Å². The summed E-state index contributed by atoms with van der Waals surface area (Å²) in [5, 5.41) is 10.2. The van der Waals surface area contributed by atoms with Gasteiger partial charge < -0.3 is 9.84 Å². The van der Waals surface area contributed by atoms with E-state index in [0.717, 1.165) is 19.3 Å². The molecule has 3 aliphatic carbocycles. The van der Waals surface area contributed by atoms with E-state index in [0.29, 0.717) is 23.5 Å². The van der Waals surface area contributed by atoms with Gasteiger partial charge in [0.2, 0.25) is 0 Å². The molecule has 3 nitrogen and oxygen atoms in total. The Morgan fingerprint density at radius 3 is 2.88 bits per heavy atom. The lowest BCUT2D eigenvalue weighted by molar-refractivity contribution is -0.154. The molecule has 4 rings (SSSR count). The van der Waals surface area contributed by atoms with E-state index >= 15 is 0 Å². The molecule has 0 aliphatic heterocycles. The molecule has 0 radical (unpaired) electrons. The molecule has 136 valence electrons. The third-order valence-electron chi connectivity index (χ3n) is 7.31. The Morgan fingerprint density at radius 1 is 1.32 bits per heavy atom. The fraction of sp³-hybridized carbons (Fsp3) is 0.667.